The Balaban J connectivity index is 1.84. The van der Waals surface area contributed by atoms with Gasteiger partial charge in [-0.1, -0.05) is 25.2 Å². The first-order valence-electron chi connectivity index (χ1n) is 6.53. The highest BCUT2D eigenvalue weighted by molar-refractivity contribution is 8.00. The molecule has 0 radical (unpaired) electrons. The van der Waals surface area contributed by atoms with Crippen molar-refractivity contribution in [3.63, 3.8) is 0 Å². The van der Waals surface area contributed by atoms with Crippen LogP contribution in [0, 0.1) is 0 Å². The van der Waals surface area contributed by atoms with Crippen molar-refractivity contribution in [2.24, 2.45) is 0 Å². The van der Waals surface area contributed by atoms with Crippen molar-refractivity contribution >= 4 is 34.5 Å². The fraction of sp³-hybridized carbons (Fsp3) is 0.692. The molecule has 1 aliphatic heterocycles. The number of thiazole rings is 1. The second-order valence-electron chi connectivity index (χ2n) is 5.30. The Kier molecular flexibility index (Phi) is 3.36. The molecule has 2 fully saturated rings. The van der Waals surface area contributed by atoms with Crippen LogP contribution in [-0.4, -0.2) is 34.9 Å². The lowest BCUT2D eigenvalue weighted by Gasteiger charge is -2.34. The number of aromatic nitrogens is 1. The van der Waals surface area contributed by atoms with E-state index in [1.165, 1.54) is 12.8 Å². The van der Waals surface area contributed by atoms with E-state index in [1.807, 2.05) is 11.8 Å². The van der Waals surface area contributed by atoms with E-state index in [0.29, 0.717) is 16.4 Å². The predicted molar refractivity (Wildman–Crippen MR) is 78.2 cm³/mol. The van der Waals surface area contributed by atoms with Crippen LogP contribution in [0.3, 0.4) is 0 Å². The third kappa shape index (κ3) is 2.43. The second-order valence-corrected chi connectivity index (χ2v) is 8.19. The number of aldehydes is 1. The molecule has 1 saturated heterocycles. The van der Waals surface area contributed by atoms with Crippen molar-refractivity contribution < 1.29 is 4.79 Å². The van der Waals surface area contributed by atoms with Crippen LogP contribution < -0.4 is 4.90 Å². The molecule has 0 bridgehead atoms. The van der Waals surface area contributed by atoms with E-state index in [1.54, 1.807) is 11.3 Å². The lowest BCUT2D eigenvalue weighted by Crippen LogP contribution is -2.40. The zero-order valence-corrected chi connectivity index (χ0v) is 12.4. The molecule has 18 heavy (non-hydrogen) atoms. The van der Waals surface area contributed by atoms with E-state index in [-0.39, 0.29) is 0 Å². The molecule has 1 aliphatic carbocycles. The summed E-state index contributed by atoms with van der Waals surface area (Å²) in [6.45, 7) is 6.63. The van der Waals surface area contributed by atoms with Gasteiger partial charge in [-0.2, -0.15) is 11.8 Å². The maximum atomic E-state index is 11.1. The van der Waals surface area contributed by atoms with E-state index < -0.39 is 0 Å². The minimum Gasteiger partial charge on any atom is -0.346 e. The van der Waals surface area contributed by atoms with E-state index in [0.717, 1.165) is 35.1 Å². The van der Waals surface area contributed by atoms with Crippen LogP contribution in [0.1, 0.15) is 48.0 Å². The van der Waals surface area contributed by atoms with Gasteiger partial charge in [-0.05, 0) is 12.8 Å². The maximum absolute atomic E-state index is 11.1. The van der Waals surface area contributed by atoms with Gasteiger partial charge in [0.05, 0.1) is 10.6 Å². The van der Waals surface area contributed by atoms with Gasteiger partial charge in [0.25, 0.3) is 0 Å². The van der Waals surface area contributed by atoms with Crippen LogP contribution in [0.5, 0.6) is 0 Å². The fourth-order valence-electron chi connectivity index (χ4n) is 2.53. The van der Waals surface area contributed by atoms with Gasteiger partial charge in [-0.3, -0.25) is 4.79 Å². The summed E-state index contributed by atoms with van der Waals surface area (Å²) < 4.78 is 0. The van der Waals surface area contributed by atoms with Crippen LogP contribution in [0.25, 0.3) is 0 Å². The Hall–Kier alpha value is -0.550. The molecular weight excluding hydrogens is 264 g/mol. The van der Waals surface area contributed by atoms with Crippen molar-refractivity contribution in [1.82, 2.24) is 4.98 Å². The molecular formula is C13H18N2OS2. The number of carbonyl (C=O) groups excluding carboxylic acids is 1. The SMILES string of the molecule is CC1CN(c2nc(C3CC3)c(C=O)s2)CC(C)S1. The third-order valence-corrected chi connectivity index (χ3v) is 5.72. The van der Waals surface area contributed by atoms with Crippen LogP contribution in [0.4, 0.5) is 5.13 Å². The molecule has 2 unspecified atom stereocenters. The molecule has 2 aliphatic rings. The Morgan fingerprint density at radius 3 is 2.50 bits per heavy atom. The molecule has 0 N–H and O–H groups in total. The van der Waals surface area contributed by atoms with Gasteiger partial charge in [0.2, 0.25) is 0 Å². The molecule has 98 valence electrons. The number of thioether (sulfide) groups is 1. The number of anilines is 1. The molecule has 2 atom stereocenters. The average molecular weight is 282 g/mol. The summed E-state index contributed by atoms with van der Waals surface area (Å²) in [5, 5.41) is 2.33. The minimum atomic E-state index is 0.559. The second kappa shape index (κ2) is 4.85. The number of carbonyl (C=O) groups is 1. The van der Waals surface area contributed by atoms with E-state index in [4.69, 9.17) is 4.98 Å². The molecule has 0 amide bonds. The summed E-state index contributed by atoms with van der Waals surface area (Å²) in [5.41, 5.74) is 1.06. The molecule has 1 saturated carbocycles. The van der Waals surface area contributed by atoms with Crippen molar-refractivity contribution in [3.05, 3.63) is 10.6 Å². The van der Waals surface area contributed by atoms with Gasteiger partial charge in [-0.15, -0.1) is 0 Å². The summed E-state index contributed by atoms with van der Waals surface area (Å²) >= 11 is 3.62. The predicted octanol–water partition coefficient (Wildman–Crippen LogP) is 3.16. The lowest BCUT2D eigenvalue weighted by molar-refractivity contribution is 0.112. The Labute approximate surface area is 116 Å². The first kappa shape index (κ1) is 12.5. The number of hydrogen-bond acceptors (Lipinski definition) is 5. The average Bonchev–Trinajstić information content (AvgIpc) is 3.07. The molecule has 5 heteroatoms. The fourth-order valence-corrected chi connectivity index (χ4v) is 4.84. The highest BCUT2D eigenvalue weighted by Gasteiger charge is 2.31. The van der Waals surface area contributed by atoms with Crippen LogP contribution in [-0.2, 0) is 0 Å². The Morgan fingerprint density at radius 1 is 1.28 bits per heavy atom. The topological polar surface area (TPSA) is 33.2 Å². The zero-order valence-electron chi connectivity index (χ0n) is 10.8. The lowest BCUT2D eigenvalue weighted by atomic mass is 10.3. The van der Waals surface area contributed by atoms with Crippen molar-refractivity contribution in [2.45, 2.75) is 43.1 Å². The molecule has 0 aromatic carbocycles. The summed E-state index contributed by atoms with van der Waals surface area (Å²) in [6.07, 6.45) is 3.39. The van der Waals surface area contributed by atoms with Gasteiger partial charge in [0, 0.05) is 29.5 Å². The van der Waals surface area contributed by atoms with E-state index >= 15 is 0 Å². The number of rotatable bonds is 3. The normalized spacial score (nSPS) is 28.4. The highest BCUT2D eigenvalue weighted by Crippen LogP contribution is 2.44. The molecule has 1 aromatic rings. The quantitative estimate of drug-likeness (QED) is 0.797. The summed E-state index contributed by atoms with van der Waals surface area (Å²) in [5.74, 6) is 0.559. The zero-order chi connectivity index (χ0) is 12.7. The number of hydrogen-bond donors (Lipinski definition) is 0. The van der Waals surface area contributed by atoms with Crippen molar-refractivity contribution in [1.29, 1.82) is 0 Å². The molecule has 3 rings (SSSR count). The first-order chi connectivity index (χ1) is 8.67. The molecule has 3 nitrogen and oxygen atoms in total. The van der Waals surface area contributed by atoms with Crippen molar-refractivity contribution in [3.8, 4) is 0 Å². The molecule has 1 aromatic heterocycles. The summed E-state index contributed by atoms with van der Waals surface area (Å²) in [4.78, 5) is 19.1. The standard InChI is InChI=1S/C13H18N2OS2/c1-8-5-15(6-9(2)17-8)13-14-12(10-3-4-10)11(7-16)18-13/h7-10H,3-6H2,1-2H3. The highest BCUT2D eigenvalue weighted by atomic mass is 32.2. The van der Waals surface area contributed by atoms with Gasteiger partial charge >= 0.3 is 0 Å². The molecule has 0 spiro atoms. The van der Waals surface area contributed by atoms with Crippen LogP contribution in [0.15, 0.2) is 0 Å². The maximum Gasteiger partial charge on any atom is 0.186 e. The largest absolute Gasteiger partial charge is 0.346 e. The minimum absolute atomic E-state index is 0.559. The van der Waals surface area contributed by atoms with Crippen LogP contribution in [0.2, 0.25) is 0 Å². The third-order valence-electron chi connectivity index (χ3n) is 3.43. The smallest absolute Gasteiger partial charge is 0.186 e. The van der Waals surface area contributed by atoms with Gasteiger partial charge in [-0.25, -0.2) is 4.98 Å². The van der Waals surface area contributed by atoms with E-state index in [9.17, 15) is 4.79 Å². The van der Waals surface area contributed by atoms with E-state index in [2.05, 4.69) is 18.7 Å². The molecule has 2 heterocycles. The Bertz CT molecular complexity index is 446. The van der Waals surface area contributed by atoms with Gasteiger partial charge in [0.15, 0.2) is 11.4 Å². The van der Waals surface area contributed by atoms with Gasteiger partial charge < -0.3 is 4.90 Å². The summed E-state index contributed by atoms with van der Waals surface area (Å²) in [7, 11) is 0. The Morgan fingerprint density at radius 2 is 1.94 bits per heavy atom. The monoisotopic (exact) mass is 282 g/mol. The van der Waals surface area contributed by atoms with Gasteiger partial charge in [0.1, 0.15) is 0 Å². The first-order valence-corrected chi connectivity index (χ1v) is 8.29. The van der Waals surface area contributed by atoms with Crippen LogP contribution >= 0.6 is 23.1 Å². The summed E-state index contributed by atoms with van der Waals surface area (Å²) in [6, 6.07) is 0. The number of nitrogens with zero attached hydrogens (tertiary/aromatic N) is 2. The van der Waals surface area contributed by atoms with Crippen molar-refractivity contribution in [2.75, 3.05) is 18.0 Å².